The molecule has 0 saturated heterocycles. The fourth-order valence-corrected chi connectivity index (χ4v) is 2.59. The Labute approximate surface area is 144 Å². The summed E-state index contributed by atoms with van der Waals surface area (Å²) in [7, 11) is 0. The lowest BCUT2D eigenvalue weighted by Crippen LogP contribution is -2.25. The van der Waals surface area contributed by atoms with Crippen molar-refractivity contribution in [2.45, 2.75) is 40.0 Å². The maximum absolute atomic E-state index is 11.8. The normalized spacial score (nSPS) is 10.8. The van der Waals surface area contributed by atoms with Crippen molar-refractivity contribution in [1.82, 2.24) is 15.1 Å². The third-order valence-electron chi connectivity index (χ3n) is 3.82. The van der Waals surface area contributed by atoms with Crippen molar-refractivity contribution in [3.05, 3.63) is 47.3 Å². The summed E-state index contributed by atoms with van der Waals surface area (Å²) in [6, 6.07) is 10.3. The van der Waals surface area contributed by atoms with Gasteiger partial charge in [0.05, 0.1) is 11.4 Å². The third kappa shape index (κ3) is 5.49. The van der Waals surface area contributed by atoms with Crippen molar-refractivity contribution < 1.29 is 9.53 Å². The van der Waals surface area contributed by atoms with E-state index in [2.05, 4.69) is 40.7 Å². The van der Waals surface area contributed by atoms with E-state index in [1.807, 2.05) is 25.5 Å². The molecule has 0 aliphatic rings. The molecule has 5 heteroatoms. The van der Waals surface area contributed by atoms with E-state index in [9.17, 15) is 4.79 Å². The summed E-state index contributed by atoms with van der Waals surface area (Å²) in [5, 5.41) is 7.41. The van der Waals surface area contributed by atoms with Gasteiger partial charge in [-0.2, -0.15) is 5.10 Å². The lowest BCUT2D eigenvalue weighted by atomic mass is 10.1. The molecule has 5 nitrogen and oxygen atoms in total. The number of benzene rings is 1. The summed E-state index contributed by atoms with van der Waals surface area (Å²) in [5.41, 5.74) is 4.33. The van der Waals surface area contributed by atoms with Gasteiger partial charge in [-0.05, 0) is 57.4 Å². The average molecular weight is 329 g/mol. The highest BCUT2D eigenvalue weighted by atomic mass is 16.5. The van der Waals surface area contributed by atoms with Crippen molar-refractivity contribution in [1.29, 1.82) is 0 Å². The summed E-state index contributed by atoms with van der Waals surface area (Å²) < 4.78 is 7.18. The molecule has 1 N–H and O–H groups in total. The Hall–Kier alpha value is -2.14. The Morgan fingerprint density at radius 3 is 2.62 bits per heavy atom. The van der Waals surface area contributed by atoms with Crippen molar-refractivity contribution in [3.63, 3.8) is 0 Å². The van der Waals surface area contributed by atoms with Crippen LogP contribution in [0.3, 0.4) is 0 Å². The number of ether oxygens (including phenoxy) is 1. The van der Waals surface area contributed by atoms with Gasteiger partial charge in [0.15, 0.2) is 0 Å². The predicted octanol–water partition coefficient (Wildman–Crippen LogP) is 2.96. The molecule has 0 bridgehead atoms. The first-order chi connectivity index (χ1) is 11.6. The van der Waals surface area contributed by atoms with Crippen LogP contribution in [-0.2, 0) is 16.0 Å². The van der Waals surface area contributed by atoms with Gasteiger partial charge < -0.3 is 10.1 Å². The molecular formula is C19H27N3O2. The number of nitrogens with one attached hydrogen (secondary N) is 1. The second-order valence-electron chi connectivity index (χ2n) is 5.91. The Bertz CT molecular complexity index is 647. The highest BCUT2D eigenvalue weighted by molar-refractivity contribution is 5.76. The van der Waals surface area contributed by atoms with Crippen LogP contribution in [0, 0.1) is 13.8 Å². The van der Waals surface area contributed by atoms with Gasteiger partial charge in [-0.3, -0.25) is 4.79 Å². The zero-order chi connectivity index (χ0) is 17.4. The van der Waals surface area contributed by atoms with Crippen LogP contribution in [-0.4, -0.2) is 35.4 Å². The van der Waals surface area contributed by atoms with Crippen molar-refractivity contribution >= 4 is 5.91 Å². The van der Waals surface area contributed by atoms with Crippen LogP contribution in [0.15, 0.2) is 30.3 Å². The first-order valence-corrected chi connectivity index (χ1v) is 8.57. The summed E-state index contributed by atoms with van der Waals surface area (Å²) in [5.74, 6) is 0.0918. The number of rotatable bonds is 9. The molecule has 0 fully saturated rings. The minimum atomic E-state index is 0.0918. The van der Waals surface area contributed by atoms with Gasteiger partial charge in [-0.25, -0.2) is 4.68 Å². The van der Waals surface area contributed by atoms with Crippen LogP contribution in [0.5, 0.6) is 0 Å². The Morgan fingerprint density at radius 2 is 2.00 bits per heavy atom. The second-order valence-corrected chi connectivity index (χ2v) is 5.91. The largest absolute Gasteiger partial charge is 0.382 e. The standard InChI is InChI=1S/C19H27N3O2/c1-4-24-13-5-12-20-19(23)11-8-17-6-9-18(10-7-17)22-16(3)14-15(2)21-22/h6-7,9-10,14H,4-5,8,11-13H2,1-3H3,(H,20,23). The molecule has 0 atom stereocenters. The van der Waals surface area contributed by atoms with E-state index in [-0.39, 0.29) is 5.91 Å². The molecule has 24 heavy (non-hydrogen) atoms. The fraction of sp³-hybridized carbons (Fsp3) is 0.474. The zero-order valence-corrected chi connectivity index (χ0v) is 14.8. The second kappa shape index (κ2) is 9.23. The lowest BCUT2D eigenvalue weighted by Gasteiger charge is -2.07. The van der Waals surface area contributed by atoms with E-state index in [1.165, 1.54) is 0 Å². The topological polar surface area (TPSA) is 56.1 Å². The molecule has 0 saturated carbocycles. The molecule has 130 valence electrons. The molecule has 0 spiro atoms. The molecule has 2 rings (SSSR count). The highest BCUT2D eigenvalue weighted by Gasteiger charge is 2.05. The number of hydrogen-bond acceptors (Lipinski definition) is 3. The number of amides is 1. The Balaban J connectivity index is 1.78. The number of nitrogens with zero attached hydrogens (tertiary/aromatic N) is 2. The SMILES string of the molecule is CCOCCCNC(=O)CCc1ccc(-n2nc(C)cc2C)cc1. The molecule has 0 radical (unpaired) electrons. The zero-order valence-electron chi connectivity index (χ0n) is 14.8. The van der Waals surface area contributed by atoms with Crippen molar-refractivity contribution in [2.75, 3.05) is 19.8 Å². The number of hydrogen-bond donors (Lipinski definition) is 1. The van der Waals surface area contributed by atoms with E-state index >= 15 is 0 Å². The van der Waals surface area contributed by atoms with Gasteiger partial charge >= 0.3 is 0 Å². The molecule has 1 aromatic heterocycles. The van der Waals surface area contributed by atoms with Gasteiger partial charge in [-0.15, -0.1) is 0 Å². The van der Waals surface area contributed by atoms with Crippen LogP contribution >= 0.6 is 0 Å². The Morgan fingerprint density at radius 1 is 1.25 bits per heavy atom. The maximum atomic E-state index is 11.8. The third-order valence-corrected chi connectivity index (χ3v) is 3.82. The smallest absolute Gasteiger partial charge is 0.220 e. The fourth-order valence-electron chi connectivity index (χ4n) is 2.59. The van der Waals surface area contributed by atoms with Crippen LogP contribution in [0.4, 0.5) is 0 Å². The quantitative estimate of drug-likeness (QED) is 0.720. The Kier molecular flexibility index (Phi) is 7.00. The molecule has 1 aromatic carbocycles. The monoisotopic (exact) mass is 329 g/mol. The molecule has 1 amide bonds. The first-order valence-electron chi connectivity index (χ1n) is 8.57. The minimum absolute atomic E-state index is 0.0918. The van der Waals surface area contributed by atoms with Crippen LogP contribution in [0.1, 0.15) is 36.7 Å². The summed E-state index contributed by atoms with van der Waals surface area (Å²) in [6.07, 6.45) is 2.11. The van der Waals surface area contributed by atoms with Crippen LogP contribution in [0.25, 0.3) is 5.69 Å². The van der Waals surface area contributed by atoms with Crippen LogP contribution in [0.2, 0.25) is 0 Å². The molecule has 1 heterocycles. The molecule has 0 unspecified atom stereocenters. The van der Waals surface area contributed by atoms with E-state index in [0.717, 1.165) is 42.1 Å². The van der Waals surface area contributed by atoms with Gasteiger partial charge in [0.2, 0.25) is 5.91 Å². The van der Waals surface area contributed by atoms with E-state index in [4.69, 9.17) is 4.74 Å². The number of carbonyl (C=O) groups is 1. The maximum Gasteiger partial charge on any atom is 0.220 e. The predicted molar refractivity (Wildman–Crippen MR) is 95.5 cm³/mol. The van der Waals surface area contributed by atoms with Gasteiger partial charge in [-0.1, -0.05) is 12.1 Å². The van der Waals surface area contributed by atoms with Crippen molar-refractivity contribution in [3.8, 4) is 5.69 Å². The highest BCUT2D eigenvalue weighted by Crippen LogP contribution is 2.14. The summed E-state index contributed by atoms with van der Waals surface area (Å²) in [6.45, 7) is 8.11. The average Bonchev–Trinajstić information content (AvgIpc) is 2.91. The number of carbonyl (C=O) groups excluding carboxylic acids is 1. The number of aromatic nitrogens is 2. The van der Waals surface area contributed by atoms with E-state index in [1.54, 1.807) is 0 Å². The summed E-state index contributed by atoms with van der Waals surface area (Å²) >= 11 is 0. The number of aryl methyl sites for hydroxylation is 3. The molecule has 0 aliphatic heterocycles. The summed E-state index contributed by atoms with van der Waals surface area (Å²) in [4.78, 5) is 11.8. The van der Waals surface area contributed by atoms with Crippen LogP contribution < -0.4 is 5.32 Å². The van der Waals surface area contributed by atoms with Crippen molar-refractivity contribution in [2.24, 2.45) is 0 Å². The molecule has 0 aliphatic carbocycles. The minimum Gasteiger partial charge on any atom is -0.382 e. The van der Waals surface area contributed by atoms with E-state index in [0.29, 0.717) is 19.6 Å². The van der Waals surface area contributed by atoms with Gasteiger partial charge in [0.25, 0.3) is 0 Å². The van der Waals surface area contributed by atoms with E-state index < -0.39 is 0 Å². The van der Waals surface area contributed by atoms with Gasteiger partial charge in [0, 0.05) is 31.9 Å². The molecule has 2 aromatic rings. The van der Waals surface area contributed by atoms with Gasteiger partial charge in [0.1, 0.15) is 0 Å². The molecular weight excluding hydrogens is 302 g/mol. The first kappa shape index (κ1) is 18.2. The lowest BCUT2D eigenvalue weighted by molar-refractivity contribution is -0.121.